The van der Waals surface area contributed by atoms with Crippen molar-refractivity contribution in [3.63, 3.8) is 0 Å². The lowest BCUT2D eigenvalue weighted by atomic mass is 9.88. The van der Waals surface area contributed by atoms with Crippen molar-refractivity contribution in [3.8, 4) is 0 Å². The van der Waals surface area contributed by atoms with Crippen LogP contribution in [0.1, 0.15) is 25.7 Å². The van der Waals surface area contributed by atoms with Gasteiger partial charge in [0, 0.05) is 5.70 Å². The molecule has 98 valence electrons. The van der Waals surface area contributed by atoms with E-state index in [0.717, 1.165) is 30.9 Å². The summed E-state index contributed by atoms with van der Waals surface area (Å²) in [7, 11) is 0. The van der Waals surface area contributed by atoms with Crippen LogP contribution in [0, 0.1) is 17.8 Å². The lowest BCUT2D eigenvalue weighted by Gasteiger charge is -2.21. The second-order valence-electron chi connectivity index (χ2n) is 5.32. The molecule has 0 spiro atoms. The molecule has 2 aliphatic rings. The summed E-state index contributed by atoms with van der Waals surface area (Å²) in [4.78, 5) is 0. The van der Waals surface area contributed by atoms with Crippen molar-refractivity contribution >= 4 is 0 Å². The first kappa shape index (κ1) is 13.2. The summed E-state index contributed by atoms with van der Waals surface area (Å²) >= 11 is 0. The lowest BCUT2D eigenvalue weighted by Crippen LogP contribution is -2.20. The Hall–Kier alpha value is -1.28. The Balaban J connectivity index is 1.89. The molecule has 2 aliphatic carbocycles. The molecular weight excluding hydrogens is 220 g/mol. The summed E-state index contributed by atoms with van der Waals surface area (Å²) in [5.41, 5.74) is 14.2. The molecule has 0 radical (unpaired) electrons. The van der Waals surface area contributed by atoms with Gasteiger partial charge in [-0.2, -0.15) is 0 Å². The fraction of sp³-hybridized carbons (Fsp3) is 0.500. The van der Waals surface area contributed by atoms with Crippen LogP contribution in [0.25, 0.3) is 0 Å². The average Bonchev–Trinajstić information content (AvgIpc) is 3.14. The van der Waals surface area contributed by atoms with Gasteiger partial charge < -0.3 is 11.5 Å². The number of allylic oxidation sites excluding steroid dienone is 5. The van der Waals surface area contributed by atoms with Crippen LogP contribution < -0.4 is 11.5 Å². The Labute approximate surface area is 110 Å². The Morgan fingerprint density at radius 2 is 2.28 bits per heavy atom. The quantitative estimate of drug-likeness (QED) is 0.706. The van der Waals surface area contributed by atoms with E-state index in [1.54, 1.807) is 0 Å². The van der Waals surface area contributed by atoms with E-state index in [-0.39, 0.29) is 0 Å². The maximum Gasteiger partial charge on any atom is 0.0306 e. The van der Waals surface area contributed by atoms with Gasteiger partial charge in [-0.15, -0.1) is 6.58 Å². The maximum absolute atomic E-state index is 6.04. The molecule has 1 fully saturated rings. The van der Waals surface area contributed by atoms with Gasteiger partial charge in [-0.3, -0.25) is 0 Å². The first-order chi connectivity index (χ1) is 8.76. The molecule has 2 unspecified atom stereocenters. The number of rotatable bonds is 6. The third-order valence-electron chi connectivity index (χ3n) is 4.02. The van der Waals surface area contributed by atoms with E-state index >= 15 is 0 Å². The predicted octanol–water partition coefficient (Wildman–Crippen LogP) is 2.89. The van der Waals surface area contributed by atoms with E-state index in [4.69, 9.17) is 11.5 Å². The largest absolute Gasteiger partial charge is 0.399 e. The van der Waals surface area contributed by atoms with Crippen LogP contribution in [0.5, 0.6) is 0 Å². The molecule has 2 heteroatoms. The van der Waals surface area contributed by atoms with Crippen molar-refractivity contribution < 1.29 is 0 Å². The van der Waals surface area contributed by atoms with E-state index in [2.05, 4.69) is 30.9 Å². The summed E-state index contributed by atoms with van der Waals surface area (Å²) in [5, 5.41) is 0. The fourth-order valence-corrected chi connectivity index (χ4v) is 2.67. The van der Waals surface area contributed by atoms with E-state index in [0.29, 0.717) is 18.4 Å². The predicted molar refractivity (Wildman–Crippen MR) is 77.7 cm³/mol. The summed E-state index contributed by atoms with van der Waals surface area (Å²) in [6.45, 7) is 4.51. The fourth-order valence-electron chi connectivity index (χ4n) is 2.67. The highest BCUT2D eigenvalue weighted by molar-refractivity contribution is 5.29. The van der Waals surface area contributed by atoms with Gasteiger partial charge >= 0.3 is 0 Å². The Kier molecular flexibility index (Phi) is 4.43. The molecule has 0 amide bonds. The highest BCUT2D eigenvalue weighted by Crippen LogP contribution is 2.40. The summed E-state index contributed by atoms with van der Waals surface area (Å²) < 4.78 is 0. The van der Waals surface area contributed by atoms with Gasteiger partial charge in [0.2, 0.25) is 0 Å². The maximum atomic E-state index is 6.04. The van der Waals surface area contributed by atoms with Crippen LogP contribution in [0.4, 0.5) is 0 Å². The van der Waals surface area contributed by atoms with Crippen LogP contribution >= 0.6 is 0 Å². The van der Waals surface area contributed by atoms with Gasteiger partial charge in [0.05, 0.1) is 0 Å². The van der Waals surface area contributed by atoms with E-state index in [1.807, 2.05) is 6.08 Å². The van der Waals surface area contributed by atoms with Gasteiger partial charge in [0.25, 0.3) is 0 Å². The third kappa shape index (κ3) is 3.14. The van der Waals surface area contributed by atoms with E-state index < -0.39 is 0 Å². The number of hydrogen-bond donors (Lipinski definition) is 2. The minimum atomic E-state index is 0.409. The highest BCUT2D eigenvalue weighted by atomic mass is 14.6. The monoisotopic (exact) mass is 244 g/mol. The molecular formula is C16H24N2. The summed E-state index contributed by atoms with van der Waals surface area (Å²) in [6.07, 6.45) is 15.3. The summed E-state index contributed by atoms with van der Waals surface area (Å²) in [6, 6.07) is 0. The van der Waals surface area contributed by atoms with Gasteiger partial charge in [-0.1, -0.05) is 24.3 Å². The standard InChI is InChI=1S/C16H24N2/c1-2-12-10-13(12)6-5-7-14(11-17)15-8-3-4-9-16(15)18/h2,4-6,9,12-14H,1,3,7-8,10-11,17-18H2/b6-5-/t12?,13-,14?/m1/s1. The molecule has 18 heavy (non-hydrogen) atoms. The smallest absolute Gasteiger partial charge is 0.0306 e. The molecule has 0 saturated heterocycles. The van der Waals surface area contributed by atoms with Gasteiger partial charge in [0.15, 0.2) is 0 Å². The molecule has 0 aliphatic heterocycles. The lowest BCUT2D eigenvalue weighted by molar-refractivity contribution is 0.596. The number of nitrogens with two attached hydrogens (primary N) is 2. The van der Waals surface area contributed by atoms with E-state index in [1.165, 1.54) is 12.0 Å². The minimum absolute atomic E-state index is 0.409. The summed E-state index contributed by atoms with van der Waals surface area (Å²) in [5.74, 6) is 1.84. The second-order valence-corrected chi connectivity index (χ2v) is 5.32. The van der Waals surface area contributed by atoms with E-state index in [9.17, 15) is 0 Å². The zero-order valence-electron chi connectivity index (χ0n) is 11.0. The zero-order valence-corrected chi connectivity index (χ0v) is 11.0. The zero-order chi connectivity index (χ0) is 13.0. The SMILES string of the molecule is C=CC1C[C@H]1/C=C\CC(CN)C1=C(N)C=CCC1. The van der Waals surface area contributed by atoms with Crippen LogP contribution in [-0.2, 0) is 0 Å². The molecule has 3 atom stereocenters. The van der Waals surface area contributed by atoms with Crippen molar-refractivity contribution in [2.24, 2.45) is 29.2 Å². The molecule has 2 rings (SSSR count). The van der Waals surface area contributed by atoms with Crippen molar-refractivity contribution in [2.75, 3.05) is 6.54 Å². The Morgan fingerprint density at radius 1 is 1.44 bits per heavy atom. The molecule has 1 saturated carbocycles. The van der Waals surface area contributed by atoms with Crippen molar-refractivity contribution in [1.29, 1.82) is 0 Å². The van der Waals surface area contributed by atoms with Gasteiger partial charge in [-0.25, -0.2) is 0 Å². The van der Waals surface area contributed by atoms with Gasteiger partial charge in [0.1, 0.15) is 0 Å². The van der Waals surface area contributed by atoms with Crippen molar-refractivity contribution in [1.82, 2.24) is 0 Å². The molecule has 0 aromatic heterocycles. The molecule has 2 nitrogen and oxygen atoms in total. The molecule has 4 N–H and O–H groups in total. The van der Waals surface area contributed by atoms with Crippen LogP contribution in [-0.4, -0.2) is 6.54 Å². The first-order valence-corrected chi connectivity index (χ1v) is 6.90. The van der Waals surface area contributed by atoms with Gasteiger partial charge in [-0.05, 0) is 61.6 Å². The number of hydrogen-bond acceptors (Lipinski definition) is 2. The minimum Gasteiger partial charge on any atom is -0.399 e. The normalized spacial score (nSPS) is 28.7. The van der Waals surface area contributed by atoms with Crippen LogP contribution in [0.2, 0.25) is 0 Å². The molecule has 0 bridgehead atoms. The van der Waals surface area contributed by atoms with Crippen LogP contribution in [0.3, 0.4) is 0 Å². The topological polar surface area (TPSA) is 52.0 Å². The third-order valence-corrected chi connectivity index (χ3v) is 4.02. The van der Waals surface area contributed by atoms with Crippen molar-refractivity contribution in [3.05, 3.63) is 48.2 Å². The molecule has 0 aromatic rings. The average molecular weight is 244 g/mol. The second kappa shape index (κ2) is 6.05. The Morgan fingerprint density at radius 3 is 2.89 bits per heavy atom. The van der Waals surface area contributed by atoms with Crippen molar-refractivity contribution in [2.45, 2.75) is 25.7 Å². The molecule has 0 heterocycles. The van der Waals surface area contributed by atoms with Crippen LogP contribution in [0.15, 0.2) is 48.2 Å². The molecule has 0 aromatic carbocycles. The Bertz CT molecular complexity index is 390. The highest BCUT2D eigenvalue weighted by Gasteiger charge is 2.31. The first-order valence-electron chi connectivity index (χ1n) is 6.90.